The highest BCUT2D eigenvalue weighted by Gasteiger charge is 2.36. The van der Waals surface area contributed by atoms with E-state index in [9.17, 15) is 4.57 Å². The molecule has 0 bridgehead atoms. The molecule has 1 aliphatic heterocycles. The van der Waals surface area contributed by atoms with Gasteiger partial charge in [-0.2, -0.15) is 0 Å². The minimum Gasteiger partial charge on any atom is -0.431 e. The molecule has 3 heterocycles. The van der Waals surface area contributed by atoms with Crippen molar-refractivity contribution in [3.8, 4) is 5.75 Å². The Morgan fingerprint density at radius 1 is 1.26 bits per heavy atom. The van der Waals surface area contributed by atoms with Crippen LogP contribution in [0.25, 0.3) is 11.2 Å². The van der Waals surface area contributed by atoms with Gasteiger partial charge >= 0.3 is 7.52 Å². The molecule has 0 radical (unpaired) electrons. The molecule has 0 saturated carbocycles. The Hall–Kier alpha value is -2.56. The Morgan fingerprint density at radius 2 is 2.06 bits per heavy atom. The number of ether oxygens (including phenoxy) is 3. The summed E-state index contributed by atoms with van der Waals surface area (Å²) in [5.41, 5.74) is 7.01. The summed E-state index contributed by atoms with van der Waals surface area (Å²) >= 11 is 0. The van der Waals surface area contributed by atoms with Gasteiger partial charge in [0.25, 0.3) is 0 Å². The Bertz CT molecular complexity index is 1130. The molecule has 184 valence electrons. The van der Waals surface area contributed by atoms with E-state index >= 15 is 0 Å². The molecule has 1 fully saturated rings. The van der Waals surface area contributed by atoms with E-state index in [2.05, 4.69) is 20.0 Å². The number of anilines is 1. The molecule has 3 aromatic rings. The minimum atomic E-state index is -3.48. The maximum absolute atomic E-state index is 13.8. The van der Waals surface area contributed by atoms with Crippen molar-refractivity contribution >= 4 is 24.5 Å². The van der Waals surface area contributed by atoms with Crippen molar-refractivity contribution in [3.63, 3.8) is 0 Å². The summed E-state index contributed by atoms with van der Waals surface area (Å²) in [5, 5.41) is 3.08. The molecule has 2 aromatic heterocycles. The normalized spacial score (nSPS) is 21.9. The fourth-order valence-electron chi connectivity index (χ4n) is 3.65. The van der Waals surface area contributed by atoms with E-state index in [1.807, 2.05) is 43.5 Å². The smallest absolute Gasteiger partial charge is 0.342 e. The zero-order valence-electron chi connectivity index (χ0n) is 19.5. The molecule has 1 saturated heterocycles. The van der Waals surface area contributed by atoms with Crippen LogP contribution in [-0.2, 0) is 25.3 Å². The van der Waals surface area contributed by atoms with Crippen molar-refractivity contribution in [3.05, 3.63) is 43.0 Å². The van der Waals surface area contributed by atoms with Gasteiger partial charge in [0.05, 0.1) is 37.7 Å². The summed E-state index contributed by atoms with van der Waals surface area (Å²) in [6.45, 7) is 6.71. The molecule has 1 aliphatic rings. The van der Waals surface area contributed by atoms with Gasteiger partial charge in [-0.1, -0.05) is 25.1 Å². The summed E-state index contributed by atoms with van der Waals surface area (Å²) in [6, 6.07) is 8.63. The van der Waals surface area contributed by atoms with Crippen molar-refractivity contribution < 1.29 is 23.3 Å². The maximum Gasteiger partial charge on any atom is 0.342 e. The molecule has 5 atom stereocenters. The monoisotopic (exact) mass is 490 g/mol. The van der Waals surface area contributed by atoms with E-state index in [1.165, 1.54) is 6.33 Å². The number of nitrogens with zero attached hydrogens (tertiary/aromatic N) is 4. The second-order valence-electron chi connectivity index (χ2n) is 8.30. The topological polar surface area (TPSA) is 136 Å². The summed E-state index contributed by atoms with van der Waals surface area (Å²) in [5.74, 6) is 0.798. The van der Waals surface area contributed by atoms with Gasteiger partial charge in [-0.3, -0.25) is 4.57 Å². The Morgan fingerprint density at radius 3 is 2.79 bits per heavy atom. The third-order valence-electron chi connectivity index (χ3n) is 5.45. The van der Waals surface area contributed by atoms with Gasteiger partial charge in [0.2, 0.25) is 0 Å². The zero-order chi connectivity index (χ0) is 24.1. The van der Waals surface area contributed by atoms with Gasteiger partial charge in [0.1, 0.15) is 23.9 Å². The standard InChI is InChI=1S/C22H31N6O5P/c1-4-17-11-30-22(32-17)16(3)27-34(29,33-18-8-6-5-7-9-18)14-31-15(2)10-28-13-26-19-20(23)24-12-25-21(19)28/h5-9,12-13,15-17,22H,4,10-11,14H2,1-3H3,(H,27,29)(H2,23,24,25)/t15?,16?,17-,22?,34?/m0/s1. The van der Waals surface area contributed by atoms with Crippen LogP contribution in [0.2, 0.25) is 0 Å². The lowest BCUT2D eigenvalue weighted by Gasteiger charge is -2.27. The summed E-state index contributed by atoms with van der Waals surface area (Å²) in [7, 11) is -3.48. The van der Waals surface area contributed by atoms with Crippen LogP contribution in [0.4, 0.5) is 5.82 Å². The first-order valence-electron chi connectivity index (χ1n) is 11.3. The second-order valence-corrected chi connectivity index (χ2v) is 10.3. The lowest BCUT2D eigenvalue weighted by atomic mass is 10.3. The van der Waals surface area contributed by atoms with Crippen LogP contribution in [-0.4, -0.2) is 57.0 Å². The highest BCUT2D eigenvalue weighted by atomic mass is 31.2. The van der Waals surface area contributed by atoms with E-state index in [0.29, 0.717) is 35.9 Å². The van der Waals surface area contributed by atoms with Crippen LogP contribution < -0.4 is 15.3 Å². The molecule has 4 rings (SSSR count). The van der Waals surface area contributed by atoms with Gasteiger partial charge in [0, 0.05) is 0 Å². The van der Waals surface area contributed by atoms with Gasteiger partial charge < -0.3 is 29.0 Å². The van der Waals surface area contributed by atoms with Crippen LogP contribution in [0.5, 0.6) is 5.75 Å². The lowest BCUT2D eigenvalue weighted by Crippen LogP contribution is -2.38. The number of nitrogens with two attached hydrogens (primary N) is 1. The van der Waals surface area contributed by atoms with E-state index in [4.69, 9.17) is 24.5 Å². The first-order chi connectivity index (χ1) is 16.4. The maximum atomic E-state index is 13.8. The molecule has 3 N–H and O–H groups in total. The molecule has 34 heavy (non-hydrogen) atoms. The average Bonchev–Trinajstić information content (AvgIpc) is 3.47. The number of imidazole rings is 1. The average molecular weight is 491 g/mol. The Kier molecular flexibility index (Phi) is 7.80. The van der Waals surface area contributed by atoms with Crippen molar-refractivity contribution in [2.45, 2.75) is 58.3 Å². The van der Waals surface area contributed by atoms with Crippen molar-refractivity contribution in [1.82, 2.24) is 24.6 Å². The van der Waals surface area contributed by atoms with Crippen LogP contribution in [0.3, 0.4) is 0 Å². The highest BCUT2D eigenvalue weighted by Crippen LogP contribution is 2.44. The number of fused-ring (bicyclic) bond motifs is 1. The predicted molar refractivity (Wildman–Crippen MR) is 127 cm³/mol. The number of benzene rings is 1. The largest absolute Gasteiger partial charge is 0.431 e. The van der Waals surface area contributed by atoms with E-state index < -0.39 is 13.8 Å². The summed E-state index contributed by atoms with van der Waals surface area (Å²) in [4.78, 5) is 12.5. The van der Waals surface area contributed by atoms with E-state index in [-0.39, 0.29) is 24.6 Å². The van der Waals surface area contributed by atoms with Crippen molar-refractivity contribution in [2.24, 2.45) is 0 Å². The third kappa shape index (κ3) is 5.92. The molecule has 0 spiro atoms. The molecular weight excluding hydrogens is 459 g/mol. The number of aromatic nitrogens is 4. The van der Waals surface area contributed by atoms with Crippen molar-refractivity contribution in [2.75, 3.05) is 18.7 Å². The van der Waals surface area contributed by atoms with Crippen LogP contribution in [0.15, 0.2) is 43.0 Å². The lowest BCUT2D eigenvalue weighted by molar-refractivity contribution is -0.0738. The number of hydrogen-bond donors (Lipinski definition) is 2. The number of nitrogen functional groups attached to an aromatic ring is 1. The van der Waals surface area contributed by atoms with Gasteiger partial charge in [-0.25, -0.2) is 20.0 Å². The molecule has 0 amide bonds. The minimum absolute atomic E-state index is 0.0304. The first kappa shape index (κ1) is 24.6. The summed E-state index contributed by atoms with van der Waals surface area (Å²) in [6.07, 6.45) is 2.92. The second kappa shape index (κ2) is 10.8. The highest BCUT2D eigenvalue weighted by molar-refractivity contribution is 7.57. The molecule has 1 aromatic carbocycles. The van der Waals surface area contributed by atoms with Crippen LogP contribution in [0, 0.1) is 0 Å². The van der Waals surface area contributed by atoms with Crippen molar-refractivity contribution in [1.29, 1.82) is 0 Å². The molecule has 0 aliphatic carbocycles. The van der Waals surface area contributed by atoms with E-state index in [0.717, 1.165) is 6.42 Å². The first-order valence-corrected chi connectivity index (χ1v) is 13.1. The van der Waals surface area contributed by atoms with Gasteiger partial charge in [-0.15, -0.1) is 0 Å². The Balaban J connectivity index is 1.43. The van der Waals surface area contributed by atoms with Gasteiger partial charge in [0.15, 0.2) is 17.8 Å². The number of rotatable bonds is 11. The number of hydrogen-bond acceptors (Lipinski definition) is 9. The fourth-order valence-corrected chi connectivity index (χ4v) is 5.48. The number of nitrogens with one attached hydrogen (secondary N) is 1. The zero-order valence-corrected chi connectivity index (χ0v) is 20.4. The Labute approximate surface area is 198 Å². The summed E-state index contributed by atoms with van der Waals surface area (Å²) < 4.78 is 39.2. The molecule has 4 unspecified atom stereocenters. The fraction of sp³-hybridized carbons (Fsp3) is 0.500. The SMILES string of the molecule is CC[C@H]1COC(C(C)NP(=O)(COC(C)Cn2cnc3c(N)ncnc32)Oc2ccccc2)O1. The molecule has 11 nitrogen and oxygen atoms in total. The van der Waals surface area contributed by atoms with Gasteiger partial charge in [-0.05, 0) is 32.4 Å². The van der Waals surface area contributed by atoms with Crippen LogP contribution in [0.1, 0.15) is 27.2 Å². The molecule has 12 heteroatoms. The number of para-hydroxylation sites is 1. The molecular formula is C22H31N6O5P. The van der Waals surface area contributed by atoms with E-state index in [1.54, 1.807) is 18.5 Å². The third-order valence-corrected chi connectivity index (χ3v) is 7.24. The predicted octanol–water partition coefficient (Wildman–Crippen LogP) is 3.17. The quantitative estimate of drug-likeness (QED) is 0.386. The van der Waals surface area contributed by atoms with Crippen LogP contribution >= 0.6 is 7.52 Å².